The molecule has 0 radical (unpaired) electrons. The first-order valence-corrected chi connectivity index (χ1v) is 7.67. The lowest BCUT2D eigenvalue weighted by atomic mass is 9.80. The average Bonchev–Trinajstić information content (AvgIpc) is 2.41. The van der Waals surface area contributed by atoms with Crippen molar-refractivity contribution in [2.75, 3.05) is 20.6 Å². The molecule has 0 saturated heterocycles. The summed E-state index contributed by atoms with van der Waals surface area (Å²) in [6, 6.07) is 7.34. The average molecular weight is 298 g/mol. The number of aliphatic hydroxyl groups is 1. The number of nitrogens with zero attached hydrogens (tertiary/aromatic N) is 1. The van der Waals surface area contributed by atoms with E-state index >= 15 is 0 Å². The molecule has 3 nitrogen and oxygen atoms in total. The monoisotopic (exact) mass is 297 g/mol. The van der Waals surface area contributed by atoms with Crippen LogP contribution in [-0.2, 0) is 0 Å². The van der Waals surface area contributed by atoms with Gasteiger partial charge in [0.25, 0.3) is 0 Å². The van der Waals surface area contributed by atoms with Crippen molar-refractivity contribution in [1.29, 1.82) is 0 Å². The molecule has 112 valence electrons. The number of ether oxygens (including phenoxy) is 1. The Morgan fingerprint density at radius 2 is 1.80 bits per heavy atom. The predicted octanol–water partition coefficient (Wildman–Crippen LogP) is 3.34. The van der Waals surface area contributed by atoms with Crippen molar-refractivity contribution in [3.63, 3.8) is 0 Å². The van der Waals surface area contributed by atoms with Crippen molar-refractivity contribution in [3.8, 4) is 5.75 Å². The highest BCUT2D eigenvalue weighted by Crippen LogP contribution is 2.33. The molecule has 1 atom stereocenters. The van der Waals surface area contributed by atoms with Gasteiger partial charge in [-0.3, -0.25) is 0 Å². The SMILES string of the molecule is CN(C)CC(Oc1ccc(Cl)cc1)C1(O)CCCCC1. The van der Waals surface area contributed by atoms with E-state index in [1.54, 1.807) is 0 Å². The summed E-state index contributed by atoms with van der Waals surface area (Å²) in [6.07, 6.45) is 4.78. The Morgan fingerprint density at radius 3 is 2.35 bits per heavy atom. The number of halogens is 1. The van der Waals surface area contributed by atoms with Crippen LogP contribution in [0.3, 0.4) is 0 Å². The van der Waals surface area contributed by atoms with Crippen molar-refractivity contribution < 1.29 is 9.84 Å². The first kappa shape index (κ1) is 15.6. The Kier molecular flexibility index (Phi) is 5.30. The first-order chi connectivity index (χ1) is 9.49. The van der Waals surface area contributed by atoms with E-state index in [1.165, 1.54) is 6.42 Å². The summed E-state index contributed by atoms with van der Waals surface area (Å²) in [7, 11) is 4.01. The van der Waals surface area contributed by atoms with Crippen LogP contribution in [-0.4, -0.2) is 42.4 Å². The zero-order valence-corrected chi connectivity index (χ0v) is 13.1. The summed E-state index contributed by atoms with van der Waals surface area (Å²) in [5.41, 5.74) is -0.720. The van der Waals surface area contributed by atoms with E-state index in [1.807, 2.05) is 38.4 Å². The van der Waals surface area contributed by atoms with Gasteiger partial charge >= 0.3 is 0 Å². The molecule has 0 amide bonds. The van der Waals surface area contributed by atoms with Gasteiger partial charge in [-0.15, -0.1) is 0 Å². The first-order valence-electron chi connectivity index (χ1n) is 7.29. The molecule has 1 aromatic carbocycles. The van der Waals surface area contributed by atoms with Crippen molar-refractivity contribution in [3.05, 3.63) is 29.3 Å². The van der Waals surface area contributed by atoms with Gasteiger partial charge in [-0.2, -0.15) is 0 Å². The van der Waals surface area contributed by atoms with Gasteiger partial charge in [0.1, 0.15) is 17.5 Å². The maximum absolute atomic E-state index is 10.9. The third-order valence-electron chi connectivity index (χ3n) is 3.94. The van der Waals surface area contributed by atoms with Gasteiger partial charge in [0, 0.05) is 11.6 Å². The highest BCUT2D eigenvalue weighted by atomic mass is 35.5. The van der Waals surface area contributed by atoms with Crippen LogP contribution in [0.4, 0.5) is 0 Å². The lowest BCUT2D eigenvalue weighted by Crippen LogP contribution is -2.51. The van der Waals surface area contributed by atoms with Crippen molar-refractivity contribution in [2.45, 2.75) is 43.8 Å². The maximum atomic E-state index is 10.9. The molecule has 1 aliphatic carbocycles. The molecule has 2 rings (SSSR count). The van der Waals surface area contributed by atoms with Crippen molar-refractivity contribution >= 4 is 11.6 Å². The minimum Gasteiger partial charge on any atom is -0.486 e. The summed E-state index contributed by atoms with van der Waals surface area (Å²) in [6.45, 7) is 0.707. The molecule has 20 heavy (non-hydrogen) atoms. The smallest absolute Gasteiger partial charge is 0.140 e. The zero-order chi connectivity index (χ0) is 14.6. The number of rotatable bonds is 5. The van der Waals surface area contributed by atoms with Crippen LogP contribution < -0.4 is 4.74 Å². The van der Waals surface area contributed by atoms with Crippen LogP contribution in [0.2, 0.25) is 5.02 Å². The Labute approximate surface area is 126 Å². The van der Waals surface area contributed by atoms with Crippen LogP contribution in [0.25, 0.3) is 0 Å². The molecule has 1 aliphatic rings. The van der Waals surface area contributed by atoms with Crippen molar-refractivity contribution in [2.24, 2.45) is 0 Å². The molecule has 0 bridgehead atoms. The molecule has 1 saturated carbocycles. The normalized spacial score (nSPS) is 19.9. The Morgan fingerprint density at radius 1 is 1.20 bits per heavy atom. The zero-order valence-electron chi connectivity index (χ0n) is 12.3. The third-order valence-corrected chi connectivity index (χ3v) is 4.19. The van der Waals surface area contributed by atoms with E-state index < -0.39 is 5.60 Å². The van der Waals surface area contributed by atoms with E-state index in [-0.39, 0.29) is 6.10 Å². The number of hydrogen-bond acceptors (Lipinski definition) is 3. The summed E-state index contributed by atoms with van der Waals surface area (Å²) >= 11 is 5.90. The molecule has 4 heteroatoms. The summed E-state index contributed by atoms with van der Waals surface area (Å²) in [4.78, 5) is 2.06. The third kappa shape index (κ3) is 4.11. The van der Waals surface area contributed by atoms with Crippen molar-refractivity contribution in [1.82, 2.24) is 4.90 Å². The number of likely N-dealkylation sites (N-methyl/N-ethyl adjacent to an activating group) is 1. The minimum absolute atomic E-state index is 0.209. The van der Waals surface area contributed by atoms with Gasteiger partial charge in [-0.1, -0.05) is 30.9 Å². The second kappa shape index (κ2) is 6.79. The fraction of sp³-hybridized carbons (Fsp3) is 0.625. The molecule has 0 aromatic heterocycles. The van der Waals surface area contributed by atoms with Crippen LogP contribution >= 0.6 is 11.6 Å². The highest BCUT2D eigenvalue weighted by molar-refractivity contribution is 6.30. The fourth-order valence-electron chi connectivity index (χ4n) is 2.81. The topological polar surface area (TPSA) is 32.7 Å². The minimum atomic E-state index is -0.720. The Hall–Kier alpha value is -0.770. The summed E-state index contributed by atoms with van der Waals surface area (Å²) in [5.74, 6) is 0.764. The Bertz CT molecular complexity index is 413. The van der Waals surface area contributed by atoms with Crippen LogP contribution in [0, 0.1) is 0 Å². The highest BCUT2D eigenvalue weighted by Gasteiger charge is 2.39. The van der Waals surface area contributed by atoms with Gasteiger partial charge < -0.3 is 14.7 Å². The largest absolute Gasteiger partial charge is 0.486 e. The lowest BCUT2D eigenvalue weighted by molar-refractivity contribution is -0.0915. The van der Waals surface area contributed by atoms with Crippen LogP contribution in [0.5, 0.6) is 5.75 Å². The van der Waals surface area contributed by atoms with Crippen LogP contribution in [0.1, 0.15) is 32.1 Å². The molecule has 0 aliphatic heterocycles. The molecular weight excluding hydrogens is 274 g/mol. The van der Waals surface area contributed by atoms with Gasteiger partial charge in [0.15, 0.2) is 0 Å². The van der Waals surface area contributed by atoms with E-state index in [4.69, 9.17) is 16.3 Å². The maximum Gasteiger partial charge on any atom is 0.140 e. The van der Waals surface area contributed by atoms with Gasteiger partial charge in [-0.25, -0.2) is 0 Å². The quantitative estimate of drug-likeness (QED) is 0.905. The van der Waals surface area contributed by atoms with Gasteiger partial charge in [0.2, 0.25) is 0 Å². The number of hydrogen-bond donors (Lipinski definition) is 1. The van der Waals surface area contributed by atoms with E-state index in [0.29, 0.717) is 11.6 Å². The van der Waals surface area contributed by atoms with E-state index in [0.717, 1.165) is 31.4 Å². The molecule has 1 aromatic rings. The summed E-state index contributed by atoms with van der Waals surface area (Å²) < 4.78 is 6.07. The second-order valence-corrected chi connectivity index (χ2v) is 6.42. The standard InChI is InChI=1S/C16H24ClNO2/c1-18(2)12-15(16(19)10-4-3-5-11-16)20-14-8-6-13(17)7-9-14/h6-9,15,19H,3-5,10-12H2,1-2H3. The van der Waals surface area contributed by atoms with E-state index in [9.17, 15) is 5.11 Å². The van der Waals surface area contributed by atoms with Gasteiger partial charge in [0.05, 0.1) is 0 Å². The molecule has 1 unspecified atom stereocenters. The summed E-state index contributed by atoms with van der Waals surface area (Å²) in [5, 5.41) is 11.6. The lowest BCUT2D eigenvalue weighted by Gasteiger charge is -2.40. The van der Waals surface area contributed by atoms with Crippen LogP contribution in [0.15, 0.2) is 24.3 Å². The molecular formula is C16H24ClNO2. The predicted molar refractivity (Wildman–Crippen MR) is 82.5 cm³/mol. The molecule has 1 N–H and O–H groups in total. The molecule has 0 heterocycles. The second-order valence-electron chi connectivity index (χ2n) is 5.99. The van der Waals surface area contributed by atoms with E-state index in [2.05, 4.69) is 4.90 Å². The molecule has 0 spiro atoms. The Balaban J connectivity index is 2.12. The number of benzene rings is 1. The van der Waals surface area contributed by atoms with Gasteiger partial charge in [-0.05, 0) is 51.2 Å². The molecule has 1 fully saturated rings. The fourth-order valence-corrected chi connectivity index (χ4v) is 2.94.